The Balaban J connectivity index is 1.79. The van der Waals surface area contributed by atoms with Gasteiger partial charge in [-0.05, 0) is 55.8 Å². The molecule has 3 rings (SSSR count). The summed E-state index contributed by atoms with van der Waals surface area (Å²) in [5.41, 5.74) is 0.734. The van der Waals surface area contributed by atoms with E-state index in [9.17, 15) is 13.6 Å². The molecule has 2 aromatic rings. The van der Waals surface area contributed by atoms with Crippen LogP contribution in [0.3, 0.4) is 0 Å². The summed E-state index contributed by atoms with van der Waals surface area (Å²) in [7, 11) is 2.00. The summed E-state index contributed by atoms with van der Waals surface area (Å²) in [6.45, 7) is 1.60. The second kappa shape index (κ2) is 7.93. The molecule has 0 radical (unpaired) electrons. The van der Waals surface area contributed by atoms with Crippen molar-refractivity contribution in [2.24, 2.45) is 0 Å². The van der Waals surface area contributed by atoms with Crippen molar-refractivity contribution < 1.29 is 13.6 Å². The largest absolute Gasteiger partial charge is 0.306 e. The lowest BCUT2D eigenvalue weighted by Crippen LogP contribution is -2.26. The lowest BCUT2D eigenvalue weighted by Gasteiger charge is -2.24. The van der Waals surface area contributed by atoms with Gasteiger partial charge in [-0.25, -0.2) is 13.8 Å². The molecular weight excluding hydrogens is 360 g/mol. The topological polar surface area (TPSA) is 45.2 Å². The summed E-state index contributed by atoms with van der Waals surface area (Å²) in [6.07, 6.45) is 1.30. The van der Waals surface area contributed by atoms with E-state index in [1.807, 2.05) is 7.05 Å². The molecule has 1 aromatic carbocycles. The number of carbonyl (C=O) groups is 1. The average molecular weight is 378 g/mol. The third kappa shape index (κ3) is 4.26. The predicted molar refractivity (Wildman–Crippen MR) is 98.4 cm³/mol. The molecular formula is C19H18ClF2N3O. The van der Waals surface area contributed by atoms with Gasteiger partial charge in [-0.15, -0.1) is 0 Å². The Bertz CT molecular complexity index is 860. The second-order valence-corrected chi connectivity index (χ2v) is 6.64. The van der Waals surface area contributed by atoms with Gasteiger partial charge in [0, 0.05) is 18.1 Å². The highest BCUT2D eigenvalue weighted by Crippen LogP contribution is 2.27. The van der Waals surface area contributed by atoms with Crippen LogP contribution in [0.15, 0.2) is 42.0 Å². The maximum absolute atomic E-state index is 14.7. The number of aromatic nitrogens is 1. The molecule has 0 aliphatic carbocycles. The van der Waals surface area contributed by atoms with E-state index >= 15 is 0 Å². The highest BCUT2D eigenvalue weighted by Gasteiger charge is 2.17. The van der Waals surface area contributed by atoms with Crippen molar-refractivity contribution in [1.29, 1.82) is 0 Å². The monoisotopic (exact) mass is 377 g/mol. The quantitative estimate of drug-likeness (QED) is 0.854. The lowest BCUT2D eigenvalue weighted by atomic mass is 10.0. The number of hydrogen-bond donors (Lipinski definition) is 1. The molecule has 7 heteroatoms. The number of nitrogens with one attached hydrogen (secondary N) is 1. The minimum Gasteiger partial charge on any atom is -0.306 e. The van der Waals surface area contributed by atoms with Gasteiger partial charge in [0.05, 0.1) is 5.56 Å². The van der Waals surface area contributed by atoms with Crippen molar-refractivity contribution in [1.82, 2.24) is 9.88 Å². The Hall–Kier alpha value is -2.31. The Morgan fingerprint density at radius 3 is 2.65 bits per heavy atom. The van der Waals surface area contributed by atoms with Crippen molar-refractivity contribution in [2.75, 3.05) is 25.5 Å². The molecule has 1 N–H and O–H groups in total. The van der Waals surface area contributed by atoms with E-state index < -0.39 is 11.7 Å². The summed E-state index contributed by atoms with van der Waals surface area (Å²) in [4.78, 5) is 18.5. The first-order valence-electron chi connectivity index (χ1n) is 8.24. The van der Waals surface area contributed by atoms with Crippen molar-refractivity contribution in [3.05, 3.63) is 64.1 Å². The third-order valence-corrected chi connectivity index (χ3v) is 4.53. The SMILES string of the molecule is CN1CCC(=C(F)c2cccc(NC(=O)c3ccc(Cl)cc3F)n2)CC1. The minimum atomic E-state index is -0.731. The van der Waals surface area contributed by atoms with Gasteiger partial charge in [-0.1, -0.05) is 17.7 Å². The summed E-state index contributed by atoms with van der Waals surface area (Å²) in [5, 5.41) is 2.69. The second-order valence-electron chi connectivity index (χ2n) is 6.21. The van der Waals surface area contributed by atoms with E-state index in [2.05, 4.69) is 15.2 Å². The van der Waals surface area contributed by atoms with E-state index in [1.54, 1.807) is 12.1 Å². The molecule has 4 nitrogen and oxygen atoms in total. The van der Waals surface area contributed by atoms with Crippen molar-refractivity contribution in [3.8, 4) is 0 Å². The molecule has 1 saturated heterocycles. The molecule has 136 valence electrons. The molecule has 1 amide bonds. The number of amides is 1. The Morgan fingerprint density at radius 2 is 1.96 bits per heavy atom. The lowest BCUT2D eigenvalue weighted by molar-refractivity contribution is 0.102. The molecule has 0 spiro atoms. The fourth-order valence-electron chi connectivity index (χ4n) is 2.77. The van der Waals surface area contributed by atoms with Gasteiger partial charge in [-0.3, -0.25) is 4.79 Å². The Labute approximate surface area is 155 Å². The van der Waals surface area contributed by atoms with Crippen LogP contribution >= 0.6 is 11.6 Å². The van der Waals surface area contributed by atoms with Crippen LogP contribution in [0.5, 0.6) is 0 Å². The van der Waals surface area contributed by atoms with Gasteiger partial charge in [-0.2, -0.15) is 0 Å². The molecule has 1 aromatic heterocycles. The normalized spacial score (nSPS) is 15.0. The van der Waals surface area contributed by atoms with Crippen LogP contribution in [0.2, 0.25) is 5.02 Å². The first-order chi connectivity index (χ1) is 12.4. The summed E-state index contributed by atoms with van der Waals surface area (Å²) < 4.78 is 28.6. The Morgan fingerprint density at radius 1 is 1.23 bits per heavy atom. The predicted octanol–water partition coefficient (Wildman–Crippen LogP) is 4.53. The molecule has 1 aliphatic rings. The molecule has 0 saturated carbocycles. The number of hydrogen-bond acceptors (Lipinski definition) is 3. The number of rotatable bonds is 3. The molecule has 1 aliphatic heterocycles. The molecule has 1 fully saturated rings. The number of nitrogens with zero attached hydrogens (tertiary/aromatic N) is 2. The Kier molecular flexibility index (Phi) is 5.64. The average Bonchev–Trinajstić information content (AvgIpc) is 2.62. The van der Waals surface area contributed by atoms with Gasteiger partial charge in [0.25, 0.3) is 5.91 Å². The van der Waals surface area contributed by atoms with Gasteiger partial charge >= 0.3 is 0 Å². The van der Waals surface area contributed by atoms with Crippen molar-refractivity contribution in [2.45, 2.75) is 12.8 Å². The number of carbonyl (C=O) groups excluding carboxylic acids is 1. The number of likely N-dealkylation sites (tertiary alicyclic amines) is 1. The number of pyridine rings is 1. The minimum absolute atomic E-state index is 0.157. The van der Waals surface area contributed by atoms with Crippen LogP contribution in [0.4, 0.5) is 14.6 Å². The van der Waals surface area contributed by atoms with Gasteiger partial charge in [0.1, 0.15) is 23.2 Å². The van der Waals surface area contributed by atoms with Crippen LogP contribution in [-0.4, -0.2) is 35.9 Å². The molecule has 2 heterocycles. The van der Waals surface area contributed by atoms with E-state index in [4.69, 9.17) is 11.6 Å². The van der Waals surface area contributed by atoms with E-state index in [0.717, 1.165) is 24.7 Å². The third-order valence-electron chi connectivity index (χ3n) is 4.29. The standard InChI is InChI=1S/C19H18ClF2N3O/c1-25-9-7-12(8-10-25)18(22)16-3-2-4-17(23-16)24-19(26)14-6-5-13(20)11-15(14)21/h2-6,11H,7-10H2,1H3,(H,23,24,26). The fourth-order valence-corrected chi connectivity index (χ4v) is 2.93. The molecule has 0 unspecified atom stereocenters. The smallest absolute Gasteiger partial charge is 0.259 e. The molecule has 26 heavy (non-hydrogen) atoms. The van der Waals surface area contributed by atoms with E-state index in [-0.39, 0.29) is 27.9 Å². The number of piperidine rings is 1. The summed E-state index contributed by atoms with van der Waals surface area (Å²) in [6, 6.07) is 8.46. The number of anilines is 1. The number of halogens is 3. The van der Waals surface area contributed by atoms with Gasteiger partial charge < -0.3 is 10.2 Å². The highest BCUT2D eigenvalue weighted by atomic mass is 35.5. The molecule has 0 atom stereocenters. The summed E-state index contributed by atoms with van der Waals surface area (Å²) in [5.74, 6) is -1.60. The van der Waals surface area contributed by atoms with Crippen molar-refractivity contribution in [3.63, 3.8) is 0 Å². The van der Waals surface area contributed by atoms with Crippen LogP contribution in [0.1, 0.15) is 28.9 Å². The van der Waals surface area contributed by atoms with Crippen LogP contribution in [0, 0.1) is 5.82 Å². The fraction of sp³-hybridized carbons (Fsp3) is 0.263. The maximum Gasteiger partial charge on any atom is 0.259 e. The summed E-state index contributed by atoms with van der Waals surface area (Å²) >= 11 is 5.69. The first kappa shape index (κ1) is 18.5. The van der Waals surface area contributed by atoms with Crippen LogP contribution in [0.25, 0.3) is 5.83 Å². The van der Waals surface area contributed by atoms with E-state index in [0.29, 0.717) is 12.8 Å². The zero-order chi connectivity index (χ0) is 18.7. The first-order valence-corrected chi connectivity index (χ1v) is 8.62. The van der Waals surface area contributed by atoms with E-state index in [1.165, 1.54) is 18.2 Å². The highest BCUT2D eigenvalue weighted by molar-refractivity contribution is 6.30. The zero-order valence-corrected chi connectivity index (χ0v) is 15.0. The molecule has 0 bridgehead atoms. The van der Waals surface area contributed by atoms with Crippen molar-refractivity contribution >= 4 is 29.2 Å². The van der Waals surface area contributed by atoms with Gasteiger partial charge in [0.2, 0.25) is 0 Å². The van der Waals surface area contributed by atoms with Crippen LogP contribution < -0.4 is 5.32 Å². The maximum atomic E-state index is 14.7. The van der Waals surface area contributed by atoms with Crippen LogP contribution in [-0.2, 0) is 0 Å². The zero-order valence-electron chi connectivity index (χ0n) is 14.2. The van der Waals surface area contributed by atoms with Gasteiger partial charge in [0.15, 0.2) is 0 Å². The number of benzene rings is 1.